The largest absolute Gasteiger partial charge is 0.483 e. The average Bonchev–Trinajstić information content (AvgIpc) is 3.00. The first-order valence-electron chi connectivity index (χ1n) is 10.6. The molecule has 1 aromatic rings. The molecule has 1 fully saturated rings. The summed E-state index contributed by atoms with van der Waals surface area (Å²) in [5.74, 6) is -0.0310. The second-order valence-electron chi connectivity index (χ2n) is 8.65. The molecule has 30 heavy (non-hydrogen) atoms. The van der Waals surface area contributed by atoms with Crippen molar-refractivity contribution < 1.29 is 19.1 Å². The van der Waals surface area contributed by atoms with E-state index in [2.05, 4.69) is 20.8 Å². The van der Waals surface area contributed by atoms with Crippen LogP contribution in [0.4, 0.5) is 0 Å². The second-order valence-corrected chi connectivity index (χ2v) is 9.57. The van der Waals surface area contributed by atoms with Crippen LogP contribution in [0, 0.1) is 5.92 Å². The highest BCUT2D eigenvalue weighted by Gasteiger charge is 2.52. The van der Waals surface area contributed by atoms with E-state index in [1.807, 2.05) is 43.3 Å². The molecule has 7 heteroatoms. The van der Waals surface area contributed by atoms with Gasteiger partial charge in [-0.3, -0.25) is 9.59 Å². The number of rotatable bonds is 6. The van der Waals surface area contributed by atoms with Crippen LogP contribution in [0.2, 0.25) is 0 Å². The third-order valence-corrected chi connectivity index (χ3v) is 6.90. The molecule has 1 aromatic carbocycles. The molecule has 2 aliphatic heterocycles. The molecule has 6 nitrogen and oxygen atoms in total. The zero-order valence-corrected chi connectivity index (χ0v) is 19.4. The normalized spacial score (nSPS) is 28.6. The van der Waals surface area contributed by atoms with Crippen LogP contribution in [-0.4, -0.2) is 68.0 Å². The number of nitrogens with zero attached hydrogens (tertiary/aromatic N) is 2. The summed E-state index contributed by atoms with van der Waals surface area (Å²) in [5.41, 5.74) is 1.48. The van der Waals surface area contributed by atoms with E-state index in [-0.39, 0.29) is 41.6 Å². The van der Waals surface area contributed by atoms with Gasteiger partial charge in [-0.05, 0) is 57.6 Å². The van der Waals surface area contributed by atoms with Crippen LogP contribution in [-0.2, 0) is 19.1 Å². The van der Waals surface area contributed by atoms with Crippen molar-refractivity contribution in [2.24, 2.45) is 5.92 Å². The van der Waals surface area contributed by atoms with E-state index in [9.17, 15) is 9.59 Å². The first-order valence-corrected chi connectivity index (χ1v) is 11.4. The number of hydrogen-bond acceptors (Lipinski definition) is 5. The number of hydrogen-bond donors (Lipinski definition) is 0. The lowest BCUT2D eigenvalue weighted by Crippen LogP contribution is -2.43. The maximum Gasteiger partial charge on any atom is 0.290 e. The predicted molar refractivity (Wildman–Crippen MR) is 117 cm³/mol. The average molecular weight is 477 g/mol. The molecule has 0 bridgehead atoms. The van der Waals surface area contributed by atoms with Gasteiger partial charge >= 0.3 is 0 Å². The second kappa shape index (κ2) is 8.81. The molecule has 0 radical (unpaired) electrons. The van der Waals surface area contributed by atoms with E-state index in [1.165, 1.54) is 0 Å². The van der Waals surface area contributed by atoms with E-state index in [0.717, 1.165) is 35.8 Å². The summed E-state index contributed by atoms with van der Waals surface area (Å²) >= 11 is 3.53. The van der Waals surface area contributed by atoms with Gasteiger partial charge in [-0.25, -0.2) is 0 Å². The van der Waals surface area contributed by atoms with Gasteiger partial charge in [0, 0.05) is 24.5 Å². The Bertz CT molecular complexity index is 869. The van der Waals surface area contributed by atoms with Gasteiger partial charge in [-0.15, -0.1) is 0 Å². The summed E-state index contributed by atoms with van der Waals surface area (Å²) in [5, 5.41) is 0. The first kappa shape index (κ1) is 21.5. The molecule has 0 saturated heterocycles. The number of halogens is 1. The standard InChI is InChI=1S/C23H29BrN2O4/c1-25(2)10-5-11-26-20(14-6-4-7-15(24)12-14)19-21(27)17-9-8-16(29-3)13-18(17)30-22(19)23(26)28/h4,6-7,12,16-18,20H,5,8-11,13H2,1-3H3. The van der Waals surface area contributed by atoms with E-state index in [4.69, 9.17) is 9.47 Å². The Morgan fingerprint density at radius 2 is 2.07 bits per heavy atom. The maximum atomic E-state index is 13.6. The van der Waals surface area contributed by atoms with Gasteiger partial charge in [0.1, 0.15) is 6.10 Å². The molecule has 162 valence electrons. The third-order valence-electron chi connectivity index (χ3n) is 6.40. The number of ketones is 1. The van der Waals surface area contributed by atoms with Crippen LogP contribution in [0.3, 0.4) is 0 Å². The smallest absolute Gasteiger partial charge is 0.290 e. The Hall–Kier alpha value is -1.70. The Kier molecular flexibility index (Phi) is 6.32. The Balaban J connectivity index is 1.69. The molecule has 0 N–H and O–H groups in total. The predicted octanol–water partition coefficient (Wildman–Crippen LogP) is 3.32. The summed E-state index contributed by atoms with van der Waals surface area (Å²) < 4.78 is 12.7. The fourth-order valence-electron chi connectivity index (χ4n) is 4.90. The topological polar surface area (TPSA) is 59.1 Å². The number of Topliss-reactive ketones (excluding diaryl/α,β-unsaturated/α-hetero) is 1. The van der Waals surface area contributed by atoms with Crippen LogP contribution in [0.5, 0.6) is 0 Å². The van der Waals surface area contributed by atoms with Crippen molar-refractivity contribution in [3.05, 3.63) is 45.6 Å². The summed E-state index contributed by atoms with van der Waals surface area (Å²) in [6.45, 7) is 1.45. The van der Waals surface area contributed by atoms with Crippen molar-refractivity contribution in [1.82, 2.24) is 9.80 Å². The van der Waals surface area contributed by atoms with Gasteiger partial charge in [0.15, 0.2) is 11.5 Å². The molecular formula is C23H29BrN2O4. The lowest BCUT2D eigenvalue weighted by molar-refractivity contribution is -0.138. The molecule has 0 aromatic heterocycles. The first-order chi connectivity index (χ1) is 14.4. The van der Waals surface area contributed by atoms with Crippen LogP contribution in [0.25, 0.3) is 0 Å². The molecule has 4 atom stereocenters. The fourth-order valence-corrected chi connectivity index (χ4v) is 5.32. The summed E-state index contributed by atoms with van der Waals surface area (Å²) in [4.78, 5) is 30.9. The number of fused-ring (bicyclic) bond motifs is 1. The zero-order chi connectivity index (χ0) is 21.4. The van der Waals surface area contributed by atoms with E-state index in [0.29, 0.717) is 18.5 Å². The number of carbonyl (C=O) groups excluding carboxylic acids is 2. The van der Waals surface area contributed by atoms with Gasteiger partial charge in [0.25, 0.3) is 5.91 Å². The van der Waals surface area contributed by atoms with Crippen molar-refractivity contribution in [2.45, 2.75) is 43.9 Å². The van der Waals surface area contributed by atoms with Crippen molar-refractivity contribution >= 4 is 27.6 Å². The minimum Gasteiger partial charge on any atom is -0.483 e. The Labute approximate surface area is 186 Å². The van der Waals surface area contributed by atoms with E-state index >= 15 is 0 Å². The van der Waals surface area contributed by atoms with Crippen LogP contribution >= 0.6 is 15.9 Å². The molecule has 2 heterocycles. The highest BCUT2D eigenvalue weighted by Crippen LogP contribution is 2.47. The van der Waals surface area contributed by atoms with E-state index < -0.39 is 0 Å². The van der Waals surface area contributed by atoms with Gasteiger partial charge in [-0.1, -0.05) is 28.1 Å². The molecule has 1 saturated carbocycles. The lowest BCUT2D eigenvalue weighted by atomic mass is 9.76. The summed E-state index contributed by atoms with van der Waals surface area (Å²) in [6.07, 6.45) is 2.87. The fraction of sp³-hybridized carbons (Fsp3) is 0.565. The molecule has 0 spiro atoms. The van der Waals surface area contributed by atoms with Crippen LogP contribution in [0.15, 0.2) is 40.1 Å². The van der Waals surface area contributed by atoms with Crippen LogP contribution < -0.4 is 0 Å². The van der Waals surface area contributed by atoms with Crippen LogP contribution in [0.1, 0.15) is 37.3 Å². The molecule has 4 rings (SSSR count). The van der Waals surface area contributed by atoms with E-state index in [1.54, 1.807) is 7.11 Å². The molecule has 4 unspecified atom stereocenters. The molecular weight excluding hydrogens is 448 g/mol. The lowest BCUT2D eigenvalue weighted by Gasteiger charge is -2.38. The zero-order valence-electron chi connectivity index (χ0n) is 17.8. The summed E-state index contributed by atoms with van der Waals surface area (Å²) in [6, 6.07) is 7.49. The highest BCUT2D eigenvalue weighted by atomic mass is 79.9. The quantitative estimate of drug-likeness (QED) is 0.630. The van der Waals surface area contributed by atoms with Crippen molar-refractivity contribution in [3.8, 4) is 0 Å². The number of amides is 1. The number of ether oxygens (including phenoxy) is 2. The van der Waals surface area contributed by atoms with Crippen molar-refractivity contribution in [3.63, 3.8) is 0 Å². The number of benzene rings is 1. The van der Waals surface area contributed by atoms with Gasteiger partial charge in [0.2, 0.25) is 0 Å². The third kappa shape index (κ3) is 3.95. The Morgan fingerprint density at radius 1 is 1.27 bits per heavy atom. The van der Waals surface area contributed by atoms with Crippen molar-refractivity contribution in [1.29, 1.82) is 0 Å². The van der Waals surface area contributed by atoms with Gasteiger partial charge in [0.05, 0.1) is 23.6 Å². The molecule has 1 amide bonds. The number of methoxy groups -OCH3 is 1. The van der Waals surface area contributed by atoms with Gasteiger partial charge < -0.3 is 19.3 Å². The minimum absolute atomic E-state index is 0.0734. The molecule has 1 aliphatic carbocycles. The minimum atomic E-state index is -0.388. The Morgan fingerprint density at radius 3 is 2.77 bits per heavy atom. The summed E-state index contributed by atoms with van der Waals surface area (Å²) in [7, 11) is 5.73. The molecule has 3 aliphatic rings. The monoisotopic (exact) mass is 476 g/mol. The highest BCUT2D eigenvalue weighted by molar-refractivity contribution is 9.10. The SMILES string of the molecule is COC1CCC2C(=O)C3=C(OC2C1)C(=O)N(CCCN(C)C)C3c1cccc(Br)c1. The number of carbonyl (C=O) groups is 2. The van der Waals surface area contributed by atoms with Gasteiger partial charge in [-0.2, -0.15) is 0 Å². The maximum absolute atomic E-state index is 13.6. The van der Waals surface area contributed by atoms with Crippen molar-refractivity contribution in [2.75, 3.05) is 34.3 Å².